The molecular weight excluding hydrogens is 370 g/mol. The molecule has 2 amide bonds. The molecular formula is C18H25N3O7. The van der Waals surface area contributed by atoms with Gasteiger partial charge >= 0.3 is 11.9 Å². The van der Waals surface area contributed by atoms with Crippen LogP contribution >= 0.6 is 0 Å². The first kappa shape index (κ1) is 23.1. The Balaban J connectivity index is 2.81. The lowest BCUT2D eigenvalue weighted by Crippen LogP contribution is -2.56. The topological polar surface area (TPSA) is 179 Å². The van der Waals surface area contributed by atoms with Crippen LogP contribution < -0.4 is 16.4 Å². The first-order valence-electron chi connectivity index (χ1n) is 8.64. The lowest BCUT2D eigenvalue weighted by Gasteiger charge is -2.23. The molecule has 10 heteroatoms. The van der Waals surface area contributed by atoms with Gasteiger partial charge in [-0.25, -0.2) is 4.79 Å². The number of carbonyl (C=O) groups excluding carboxylic acids is 2. The summed E-state index contributed by atoms with van der Waals surface area (Å²) >= 11 is 0. The second-order valence-electron chi connectivity index (χ2n) is 6.35. The van der Waals surface area contributed by atoms with Crippen molar-refractivity contribution in [3.8, 4) is 0 Å². The van der Waals surface area contributed by atoms with Crippen LogP contribution in [0.3, 0.4) is 0 Å². The van der Waals surface area contributed by atoms with E-state index in [2.05, 4.69) is 10.6 Å². The summed E-state index contributed by atoms with van der Waals surface area (Å²) in [6.07, 6.45) is -1.89. The first-order valence-corrected chi connectivity index (χ1v) is 8.64. The van der Waals surface area contributed by atoms with Gasteiger partial charge in [0.25, 0.3) is 0 Å². The third kappa shape index (κ3) is 7.72. The predicted molar refractivity (Wildman–Crippen MR) is 98.2 cm³/mol. The zero-order chi connectivity index (χ0) is 21.3. The van der Waals surface area contributed by atoms with Crippen molar-refractivity contribution in [1.29, 1.82) is 0 Å². The highest BCUT2D eigenvalue weighted by Gasteiger charge is 2.30. The Labute approximate surface area is 161 Å². The van der Waals surface area contributed by atoms with Gasteiger partial charge < -0.3 is 31.7 Å². The van der Waals surface area contributed by atoms with Crippen LogP contribution in [0.5, 0.6) is 0 Å². The van der Waals surface area contributed by atoms with Crippen LogP contribution in [0.15, 0.2) is 30.3 Å². The molecule has 0 aliphatic heterocycles. The molecule has 0 fully saturated rings. The predicted octanol–water partition coefficient (Wildman–Crippen LogP) is -1.14. The van der Waals surface area contributed by atoms with E-state index in [1.165, 1.54) is 6.92 Å². The van der Waals surface area contributed by atoms with Crippen molar-refractivity contribution >= 4 is 23.8 Å². The molecule has 7 N–H and O–H groups in total. The minimum absolute atomic E-state index is 0.200. The lowest BCUT2D eigenvalue weighted by atomic mass is 10.0. The molecule has 0 spiro atoms. The van der Waals surface area contributed by atoms with Crippen LogP contribution in [0.25, 0.3) is 0 Å². The Bertz CT molecular complexity index is 694. The molecule has 28 heavy (non-hydrogen) atoms. The molecule has 154 valence electrons. The van der Waals surface area contributed by atoms with E-state index in [9.17, 15) is 24.3 Å². The van der Waals surface area contributed by atoms with Crippen molar-refractivity contribution < 1.29 is 34.5 Å². The molecule has 1 aromatic carbocycles. The van der Waals surface area contributed by atoms with Crippen LogP contribution in [0.4, 0.5) is 0 Å². The van der Waals surface area contributed by atoms with Gasteiger partial charge in [0.15, 0.2) is 6.04 Å². The molecule has 1 rings (SSSR count). The maximum Gasteiger partial charge on any atom is 0.328 e. The normalized spacial score (nSPS) is 15.0. The highest BCUT2D eigenvalue weighted by molar-refractivity contribution is 5.92. The van der Waals surface area contributed by atoms with Crippen molar-refractivity contribution in [2.45, 2.75) is 50.4 Å². The molecule has 0 bridgehead atoms. The van der Waals surface area contributed by atoms with E-state index >= 15 is 0 Å². The summed E-state index contributed by atoms with van der Waals surface area (Å²) in [5, 5.41) is 31.8. The molecule has 4 unspecified atom stereocenters. The highest BCUT2D eigenvalue weighted by Crippen LogP contribution is 2.05. The SMILES string of the molecule is CC(O)C(NC(=O)C(CCC(=O)O)NC(=O)C(N)Cc1ccccc1)C(=O)O. The van der Waals surface area contributed by atoms with Gasteiger partial charge in [0.2, 0.25) is 11.8 Å². The average Bonchev–Trinajstić information content (AvgIpc) is 2.62. The van der Waals surface area contributed by atoms with E-state index in [0.29, 0.717) is 0 Å². The molecule has 0 aliphatic carbocycles. The van der Waals surface area contributed by atoms with Crippen molar-refractivity contribution in [1.82, 2.24) is 10.6 Å². The molecule has 4 atom stereocenters. The average molecular weight is 395 g/mol. The summed E-state index contributed by atoms with van der Waals surface area (Å²) in [4.78, 5) is 46.6. The van der Waals surface area contributed by atoms with E-state index in [0.717, 1.165) is 5.56 Å². The fraction of sp³-hybridized carbons (Fsp3) is 0.444. The van der Waals surface area contributed by atoms with Gasteiger partial charge in [-0.2, -0.15) is 0 Å². The second-order valence-corrected chi connectivity index (χ2v) is 6.35. The van der Waals surface area contributed by atoms with E-state index in [1.807, 2.05) is 6.07 Å². The fourth-order valence-corrected chi connectivity index (χ4v) is 2.42. The van der Waals surface area contributed by atoms with Crippen LogP contribution in [0, 0.1) is 0 Å². The number of hydrogen-bond donors (Lipinski definition) is 6. The smallest absolute Gasteiger partial charge is 0.328 e. The number of carboxylic acid groups (broad SMARTS) is 2. The van der Waals surface area contributed by atoms with Crippen LogP contribution in [-0.2, 0) is 25.6 Å². The monoisotopic (exact) mass is 395 g/mol. The van der Waals surface area contributed by atoms with Crippen LogP contribution in [-0.4, -0.2) is 63.3 Å². The number of aliphatic hydroxyl groups excluding tert-OH is 1. The number of rotatable bonds is 11. The Morgan fingerprint density at radius 3 is 2.14 bits per heavy atom. The van der Waals surface area contributed by atoms with E-state index < -0.39 is 54.4 Å². The summed E-state index contributed by atoms with van der Waals surface area (Å²) in [6, 6.07) is 5.03. The number of hydrogen-bond acceptors (Lipinski definition) is 6. The van der Waals surface area contributed by atoms with Gasteiger partial charge in [0.05, 0.1) is 12.1 Å². The number of carboxylic acids is 2. The van der Waals surface area contributed by atoms with Gasteiger partial charge in [0.1, 0.15) is 6.04 Å². The molecule has 0 saturated heterocycles. The molecule has 0 radical (unpaired) electrons. The molecule has 0 aromatic heterocycles. The Morgan fingerprint density at radius 1 is 1.04 bits per heavy atom. The number of nitrogens with two attached hydrogens (primary N) is 1. The fourth-order valence-electron chi connectivity index (χ4n) is 2.42. The number of carbonyl (C=O) groups is 4. The lowest BCUT2D eigenvalue weighted by molar-refractivity contribution is -0.145. The molecule has 0 aliphatic rings. The van der Waals surface area contributed by atoms with Crippen molar-refractivity contribution in [3.05, 3.63) is 35.9 Å². The van der Waals surface area contributed by atoms with E-state index in [1.54, 1.807) is 24.3 Å². The van der Waals surface area contributed by atoms with Crippen molar-refractivity contribution in [2.75, 3.05) is 0 Å². The zero-order valence-corrected chi connectivity index (χ0v) is 15.4. The summed E-state index contributed by atoms with van der Waals surface area (Å²) in [5.41, 5.74) is 6.66. The summed E-state index contributed by atoms with van der Waals surface area (Å²) in [5.74, 6) is -4.26. The van der Waals surface area contributed by atoms with Gasteiger partial charge in [-0.05, 0) is 25.3 Å². The third-order valence-corrected chi connectivity index (χ3v) is 3.96. The quantitative estimate of drug-likeness (QED) is 0.272. The second kappa shape index (κ2) is 11.0. The number of benzene rings is 1. The molecule has 10 nitrogen and oxygen atoms in total. The Hall–Kier alpha value is -2.98. The van der Waals surface area contributed by atoms with Gasteiger partial charge in [0, 0.05) is 6.42 Å². The number of aliphatic hydroxyl groups is 1. The van der Waals surface area contributed by atoms with E-state index in [4.69, 9.17) is 15.9 Å². The van der Waals surface area contributed by atoms with E-state index in [-0.39, 0.29) is 12.8 Å². The largest absolute Gasteiger partial charge is 0.481 e. The number of amides is 2. The Morgan fingerprint density at radius 2 is 1.64 bits per heavy atom. The summed E-state index contributed by atoms with van der Waals surface area (Å²) in [7, 11) is 0. The van der Waals surface area contributed by atoms with Gasteiger partial charge in [-0.3, -0.25) is 14.4 Å². The van der Waals surface area contributed by atoms with Crippen LogP contribution in [0.1, 0.15) is 25.3 Å². The number of aliphatic carboxylic acids is 2. The molecule has 1 aromatic rings. The first-order chi connectivity index (χ1) is 13.1. The zero-order valence-electron chi connectivity index (χ0n) is 15.4. The van der Waals surface area contributed by atoms with Crippen molar-refractivity contribution in [2.24, 2.45) is 5.73 Å². The highest BCUT2D eigenvalue weighted by atomic mass is 16.4. The van der Waals surface area contributed by atoms with Gasteiger partial charge in [-0.1, -0.05) is 30.3 Å². The minimum Gasteiger partial charge on any atom is -0.481 e. The van der Waals surface area contributed by atoms with Gasteiger partial charge in [-0.15, -0.1) is 0 Å². The van der Waals surface area contributed by atoms with Crippen molar-refractivity contribution in [3.63, 3.8) is 0 Å². The summed E-state index contributed by atoms with van der Waals surface area (Å²) in [6.45, 7) is 1.18. The maximum atomic E-state index is 12.4. The standard InChI is InChI=1S/C18H25N3O7/c1-10(22)15(18(27)28)21-17(26)13(7-8-14(23)24)20-16(25)12(19)9-11-5-3-2-4-6-11/h2-6,10,12-13,15,22H,7-9,19H2,1H3,(H,20,25)(H,21,26)(H,23,24)(H,27,28). The third-order valence-electron chi connectivity index (χ3n) is 3.96. The maximum absolute atomic E-state index is 12.4. The Kier molecular flexibility index (Phi) is 9.06. The minimum atomic E-state index is -1.60. The number of nitrogens with one attached hydrogen (secondary N) is 2. The summed E-state index contributed by atoms with van der Waals surface area (Å²) < 4.78 is 0. The molecule has 0 saturated carbocycles. The molecule has 0 heterocycles. The van der Waals surface area contributed by atoms with Crippen LogP contribution in [0.2, 0.25) is 0 Å².